The number of hydrogen-bond acceptors (Lipinski definition) is 4. The summed E-state index contributed by atoms with van der Waals surface area (Å²) < 4.78 is 10.1. The zero-order valence-electron chi connectivity index (χ0n) is 8.84. The molecule has 2 atom stereocenters. The molecule has 1 amide bonds. The summed E-state index contributed by atoms with van der Waals surface area (Å²) >= 11 is 0. The van der Waals surface area contributed by atoms with Crippen molar-refractivity contribution in [3.05, 3.63) is 29.8 Å². The summed E-state index contributed by atoms with van der Waals surface area (Å²) in [5.41, 5.74) is 0.832. The monoisotopic (exact) mass is 223 g/mol. The standard InChI is InChI=1S/C11H13NO4/c1-15-8-4-2-7(3-5-8)10-9(6-13)12-11(14)16-10/h2-5,9-10,13H,6H2,1H3,(H,12,14)/t9-,10-/m0/s1. The lowest BCUT2D eigenvalue weighted by Gasteiger charge is -2.15. The highest BCUT2D eigenvalue weighted by Gasteiger charge is 2.34. The Morgan fingerprint density at radius 1 is 1.44 bits per heavy atom. The van der Waals surface area contributed by atoms with Crippen LogP contribution < -0.4 is 10.1 Å². The first-order valence-electron chi connectivity index (χ1n) is 4.96. The van der Waals surface area contributed by atoms with Crippen molar-refractivity contribution in [3.63, 3.8) is 0 Å². The lowest BCUT2D eigenvalue weighted by molar-refractivity contribution is 0.119. The number of nitrogens with one attached hydrogen (secondary N) is 1. The first kappa shape index (κ1) is 10.8. The van der Waals surface area contributed by atoms with Crippen molar-refractivity contribution in [3.8, 4) is 5.75 Å². The summed E-state index contributed by atoms with van der Waals surface area (Å²) in [6.45, 7) is -0.150. The van der Waals surface area contributed by atoms with Gasteiger partial charge in [0, 0.05) is 0 Å². The Morgan fingerprint density at radius 3 is 2.69 bits per heavy atom. The normalized spacial score (nSPS) is 23.8. The van der Waals surface area contributed by atoms with Gasteiger partial charge >= 0.3 is 6.09 Å². The molecule has 1 aliphatic heterocycles. The maximum Gasteiger partial charge on any atom is 0.408 e. The van der Waals surface area contributed by atoms with Gasteiger partial charge in [0.2, 0.25) is 0 Å². The smallest absolute Gasteiger partial charge is 0.408 e. The molecule has 0 radical (unpaired) electrons. The Morgan fingerprint density at radius 2 is 2.12 bits per heavy atom. The SMILES string of the molecule is COc1ccc([C@@H]2OC(=O)N[C@H]2CO)cc1. The van der Waals surface area contributed by atoms with E-state index >= 15 is 0 Å². The molecule has 5 heteroatoms. The molecule has 1 aromatic rings. The van der Waals surface area contributed by atoms with Crippen LogP contribution in [0.4, 0.5) is 4.79 Å². The van der Waals surface area contributed by atoms with Gasteiger partial charge in [0.1, 0.15) is 5.75 Å². The summed E-state index contributed by atoms with van der Waals surface area (Å²) in [4.78, 5) is 11.1. The number of carbonyl (C=O) groups excluding carboxylic acids is 1. The van der Waals surface area contributed by atoms with Crippen LogP contribution in [0, 0.1) is 0 Å². The van der Waals surface area contributed by atoms with Crippen LogP contribution >= 0.6 is 0 Å². The van der Waals surface area contributed by atoms with E-state index in [-0.39, 0.29) is 12.6 Å². The lowest BCUT2D eigenvalue weighted by Crippen LogP contribution is -2.31. The van der Waals surface area contributed by atoms with Gasteiger partial charge in [-0.25, -0.2) is 4.79 Å². The number of rotatable bonds is 3. The van der Waals surface area contributed by atoms with Gasteiger partial charge in [0.05, 0.1) is 19.8 Å². The molecule has 1 aliphatic rings. The molecule has 2 N–H and O–H groups in total. The van der Waals surface area contributed by atoms with Gasteiger partial charge in [-0.2, -0.15) is 0 Å². The molecule has 0 aromatic heterocycles. The molecule has 86 valence electrons. The molecule has 1 fully saturated rings. The zero-order chi connectivity index (χ0) is 11.5. The van der Waals surface area contributed by atoms with E-state index in [1.807, 2.05) is 12.1 Å². The number of carbonyl (C=O) groups is 1. The van der Waals surface area contributed by atoms with E-state index < -0.39 is 12.2 Å². The van der Waals surface area contributed by atoms with Gasteiger partial charge in [-0.15, -0.1) is 0 Å². The summed E-state index contributed by atoms with van der Waals surface area (Å²) in [6, 6.07) is 6.81. The third-order valence-electron chi connectivity index (χ3n) is 2.54. The Kier molecular flexibility index (Phi) is 2.96. The summed E-state index contributed by atoms with van der Waals surface area (Å²) in [7, 11) is 1.59. The number of ether oxygens (including phenoxy) is 2. The van der Waals surface area contributed by atoms with Gasteiger partial charge in [0.15, 0.2) is 6.10 Å². The van der Waals surface area contributed by atoms with Crippen LogP contribution in [0.15, 0.2) is 24.3 Å². The molecule has 0 aliphatic carbocycles. The highest BCUT2D eigenvalue weighted by atomic mass is 16.6. The fraction of sp³-hybridized carbons (Fsp3) is 0.364. The largest absolute Gasteiger partial charge is 0.497 e. The molecule has 1 heterocycles. The molecule has 16 heavy (non-hydrogen) atoms. The number of aliphatic hydroxyl groups excluding tert-OH is 1. The van der Waals surface area contributed by atoms with E-state index in [1.54, 1.807) is 19.2 Å². The first-order valence-corrected chi connectivity index (χ1v) is 4.96. The minimum absolute atomic E-state index is 0.150. The van der Waals surface area contributed by atoms with Crippen molar-refractivity contribution in [2.75, 3.05) is 13.7 Å². The highest BCUT2D eigenvalue weighted by molar-refractivity contribution is 5.70. The van der Waals surface area contributed by atoms with Crippen LogP contribution in [-0.2, 0) is 4.74 Å². The van der Waals surface area contributed by atoms with Crippen LogP contribution in [0.3, 0.4) is 0 Å². The molecule has 0 bridgehead atoms. The predicted molar refractivity (Wildman–Crippen MR) is 56.2 cm³/mol. The fourth-order valence-corrected chi connectivity index (χ4v) is 1.69. The number of cyclic esters (lactones) is 1. The van der Waals surface area contributed by atoms with Crippen LogP contribution in [0.2, 0.25) is 0 Å². The van der Waals surface area contributed by atoms with Gasteiger partial charge in [0.25, 0.3) is 0 Å². The molecule has 5 nitrogen and oxygen atoms in total. The number of aliphatic hydroxyl groups is 1. The van der Waals surface area contributed by atoms with Crippen molar-refractivity contribution in [2.45, 2.75) is 12.1 Å². The second-order valence-corrected chi connectivity index (χ2v) is 3.53. The maximum atomic E-state index is 11.1. The van der Waals surface area contributed by atoms with Gasteiger partial charge < -0.3 is 19.9 Å². The van der Waals surface area contributed by atoms with Crippen LogP contribution in [0.5, 0.6) is 5.75 Å². The van der Waals surface area contributed by atoms with E-state index in [4.69, 9.17) is 14.6 Å². The van der Waals surface area contributed by atoms with E-state index in [0.717, 1.165) is 11.3 Å². The third-order valence-corrected chi connectivity index (χ3v) is 2.54. The van der Waals surface area contributed by atoms with Crippen LogP contribution in [-0.4, -0.2) is 31.0 Å². The van der Waals surface area contributed by atoms with E-state index in [0.29, 0.717) is 0 Å². The predicted octanol–water partition coefficient (Wildman–Crippen LogP) is 0.837. The Hall–Kier alpha value is -1.75. The van der Waals surface area contributed by atoms with Crippen molar-refractivity contribution < 1.29 is 19.4 Å². The molecule has 1 saturated heterocycles. The average molecular weight is 223 g/mol. The topological polar surface area (TPSA) is 67.8 Å². The van der Waals surface area contributed by atoms with E-state index in [9.17, 15) is 4.79 Å². The first-order chi connectivity index (χ1) is 7.74. The van der Waals surface area contributed by atoms with Gasteiger partial charge in [-0.05, 0) is 17.7 Å². The molecular formula is C11H13NO4. The minimum Gasteiger partial charge on any atom is -0.497 e. The Labute approximate surface area is 93.0 Å². The number of alkyl carbamates (subject to hydrolysis) is 1. The molecule has 0 saturated carbocycles. The molecule has 2 rings (SSSR count). The van der Waals surface area contributed by atoms with Gasteiger partial charge in [-0.1, -0.05) is 12.1 Å². The summed E-state index contributed by atoms with van der Waals surface area (Å²) in [5, 5.41) is 11.6. The number of methoxy groups -OCH3 is 1. The minimum atomic E-state index is -0.500. The van der Waals surface area contributed by atoms with E-state index in [2.05, 4.69) is 5.32 Å². The molecule has 0 unspecified atom stereocenters. The summed E-state index contributed by atoms with van der Waals surface area (Å²) in [5.74, 6) is 0.738. The Bertz CT molecular complexity index is 376. The van der Waals surface area contributed by atoms with Crippen molar-refractivity contribution >= 4 is 6.09 Å². The molecular weight excluding hydrogens is 210 g/mol. The van der Waals surface area contributed by atoms with Crippen LogP contribution in [0.25, 0.3) is 0 Å². The number of amides is 1. The zero-order valence-corrected chi connectivity index (χ0v) is 8.84. The molecule has 1 aromatic carbocycles. The Balaban J connectivity index is 2.19. The maximum absolute atomic E-state index is 11.1. The molecule has 0 spiro atoms. The summed E-state index contributed by atoms with van der Waals surface area (Å²) in [6.07, 6.45) is -0.941. The third kappa shape index (κ3) is 1.94. The number of benzene rings is 1. The van der Waals surface area contributed by atoms with Crippen molar-refractivity contribution in [1.29, 1.82) is 0 Å². The second kappa shape index (κ2) is 4.40. The quantitative estimate of drug-likeness (QED) is 0.796. The average Bonchev–Trinajstić information content (AvgIpc) is 2.70. The highest BCUT2D eigenvalue weighted by Crippen LogP contribution is 2.27. The number of hydrogen-bond donors (Lipinski definition) is 2. The second-order valence-electron chi connectivity index (χ2n) is 3.53. The lowest BCUT2D eigenvalue weighted by atomic mass is 10.0. The fourth-order valence-electron chi connectivity index (χ4n) is 1.69. The van der Waals surface area contributed by atoms with Gasteiger partial charge in [-0.3, -0.25) is 0 Å². The van der Waals surface area contributed by atoms with Crippen LogP contribution in [0.1, 0.15) is 11.7 Å². The van der Waals surface area contributed by atoms with E-state index in [1.165, 1.54) is 0 Å². The van der Waals surface area contributed by atoms with Crippen molar-refractivity contribution in [1.82, 2.24) is 5.32 Å². The van der Waals surface area contributed by atoms with Crippen molar-refractivity contribution in [2.24, 2.45) is 0 Å².